The fourth-order valence-corrected chi connectivity index (χ4v) is 3.74. The van der Waals surface area contributed by atoms with Crippen LogP contribution in [0.2, 0.25) is 0 Å². The summed E-state index contributed by atoms with van der Waals surface area (Å²) >= 11 is 0. The zero-order valence-corrected chi connectivity index (χ0v) is 19.4. The number of nitrogens with one attached hydrogen (secondary N) is 1. The highest BCUT2D eigenvalue weighted by molar-refractivity contribution is 5.92. The Morgan fingerprint density at radius 1 is 1.18 bits per heavy atom. The van der Waals surface area contributed by atoms with Crippen LogP contribution < -0.4 is 10.1 Å². The lowest BCUT2D eigenvalue weighted by molar-refractivity contribution is -0.127. The number of hydrogen-bond donors (Lipinski definition) is 1. The summed E-state index contributed by atoms with van der Waals surface area (Å²) in [7, 11) is 1.65. The number of aryl methyl sites for hydroxylation is 1. The molecule has 3 aromatic rings. The summed E-state index contributed by atoms with van der Waals surface area (Å²) in [5.41, 5.74) is 3.82. The predicted octanol–water partition coefficient (Wildman–Crippen LogP) is 3.27. The van der Waals surface area contributed by atoms with Gasteiger partial charge in [0.15, 0.2) is 0 Å². The maximum absolute atomic E-state index is 12.2. The number of unbranched alkanes of at least 4 members (excludes halogenated alkanes) is 1. The van der Waals surface area contributed by atoms with Crippen molar-refractivity contribution in [2.45, 2.75) is 32.7 Å². The number of anilines is 1. The van der Waals surface area contributed by atoms with Crippen molar-refractivity contribution in [2.24, 2.45) is 0 Å². The smallest absolute Gasteiger partial charge is 0.416 e. The van der Waals surface area contributed by atoms with E-state index in [1.54, 1.807) is 19.5 Å². The van der Waals surface area contributed by atoms with Crippen LogP contribution in [0.5, 0.6) is 5.75 Å². The largest absolute Gasteiger partial charge is 0.497 e. The monoisotopic (exact) mass is 464 g/mol. The SMILES string of the molecule is COc1ccc(Cn2nc(-c3cnncc3C)cc2NCCCCC(=O)N2CCOC2=O)cc1. The van der Waals surface area contributed by atoms with Gasteiger partial charge >= 0.3 is 6.09 Å². The van der Waals surface area contributed by atoms with Crippen LogP contribution in [0.25, 0.3) is 11.3 Å². The lowest BCUT2D eigenvalue weighted by Crippen LogP contribution is -2.31. The van der Waals surface area contributed by atoms with E-state index >= 15 is 0 Å². The van der Waals surface area contributed by atoms with E-state index in [-0.39, 0.29) is 12.5 Å². The highest BCUT2D eigenvalue weighted by atomic mass is 16.6. The van der Waals surface area contributed by atoms with Gasteiger partial charge < -0.3 is 14.8 Å². The standard InChI is InChI=1S/C24H28N6O4/c1-17-14-26-27-15-20(17)21-13-22(30(28-21)16-18-6-8-19(33-2)9-7-18)25-10-4-3-5-23(31)29-11-12-34-24(29)32/h6-9,13-15,25H,3-5,10-12,16H2,1-2H3. The molecule has 0 unspecified atom stereocenters. The summed E-state index contributed by atoms with van der Waals surface area (Å²) in [4.78, 5) is 24.8. The average molecular weight is 465 g/mol. The summed E-state index contributed by atoms with van der Waals surface area (Å²) in [6, 6.07) is 9.88. The summed E-state index contributed by atoms with van der Waals surface area (Å²) in [6.45, 7) is 3.84. The van der Waals surface area contributed by atoms with Gasteiger partial charge in [-0.05, 0) is 43.0 Å². The molecule has 10 nitrogen and oxygen atoms in total. The number of imide groups is 1. The molecule has 0 spiro atoms. The maximum atomic E-state index is 12.2. The maximum Gasteiger partial charge on any atom is 0.416 e. The molecule has 3 heterocycles. The Labute approximate surface area is 197 Å². The van der Waals surface area contributed by atoms with Crippen molar-refractivity contribution in [3.05, 3.63) is 53.9 Å². The minimum atomic E-state index is -0.543. The zero-order valence-electron chi connectivity index (χ0n) is 19.4. The van der Waals surface area contributed by atoms with Gasteiger partial charge in [-0.15, -0.1) is 0 Å². The van der Waals surface area contributed by atoms with Crippen molar-refractivity contribution in [1.82, 2.24) is 24.9 Å². The molecule has 1 aliphatic rings. The van der Waals surface area contributed by atoms with E-state index in [4.69, 9.17) is 14.6 Å². The van der Waals surface area contributed by atoms with E-state index in [1.807, 2.05) is 41.9 Å². The Kier molecular flexibility index (Phi) is 7.36. The molecular formula is C24H28N6O4. The number of hydrogen-bond acceptors (Lipinski definition) is 8. The van der Waals surface area contributed by atoms with E-state index in [0.29, 0.717) is 32.5 Å². The Bertz CT molecular complexity index is 1140. The highest BCUT2D eigenvalue weighted by Gasteiger charge is 2.27. The molecule has 178 valence electrons. The Hall–Kier alpha value is -3.95. The number of benzene rings is 1. The molecule has 0 bridgehead atoms. The first-order valence-electron chi connectivity index (χ1n) is 11.2. The molecule has 4 rings (SSSR count). The minimum Gasteiger partial charge on any atom is -0.497 e. The zero-order chi connectivity index (χ0) is 23.9. The van der Waals surface area contributed by atoms with Crippen molar-refractivity contribution in [3.8, 4) is 17.0 Å². The van der Waals surface area contributed by atoms with Gasteiger partial charge in [-0.1, -0.05) is 12.1 Å². The van der Waals surface area contributed by atoms with Crippen LogP contribution >= 0.6 is 0 Å². The molecule has 1 fully saturated rings. The summed E-state index contributed by atoms with van der Waals surface area (Å²) in [5, 5.41) is 16.2. The van der Waals surface area contributed by atoms with Gasteiger partial charge in [-0.25, -0.2) is 14.4 Å². The molecule has 10 heteroatoms. The molecule has 0 radical (unpaired) electrons. The van der Waals surface area contributed by atoms with E-state index in [2.05, 4.69) is 15.5 Å². The number of amides is 2. The lowest BCUT2D eigenvalue weighted by Gasteiger charge is -2.12. The van der Waals surface area contributed by atoms with Gasteiger partial charge in [-0.3, -0.25) is 4.79 Å². The fourth-order valence-electron chi connectivity index (χ4n) is 3.74. The van der Waals surface area contributed by atoms with Gasteiger partial charge in [0.05, 0.1) is 38.3 Å². The van der Waals surface area contributed by atoms with E-state index < -0.39 is 6.09 Å². The van der Waals surface area contributed by atoms with Gasteiger partial charge in [0.2, 0.25) is 5.91 Å². The number of carbonyl (C=O) groups is 2. The third-order valence-electron chi connectivity index (χ3n) is 5.66. The van der Waals surface area contributed by atoms with Crippen LogP contribution in [-0.2, 0) is 16.1 Å². The van der Waals surface area contributed by atoms with Gasteiger partial charge in [-0.2, -0.15) is 15.3 Å². The van der Waals surface area contributed by atoms with Gasteiger partial charge in [0.25, 0.3) is 0 Å². The topological polar surface area (TPSA) is 111 Å². The molecule has 1 saturated heterocycles. The van der Waals surface area contributed by atoms with Crippen LogP contribution in [0, 0.1) is 6.92 Å². The fraction of sp³-hybridized carbons (Fsp3) is 0.375. The van der Waals surface area contributed by atoms with Gasteiger partial charge in [0, 0.05) is 24.6 Å². The molecule has 1 aliphatic heterocycles. The normalized spacial score (nSPS) is 13.1. The first kappa shape index (κ1) is 23.2. The first-order valence-corrected chi connectivity index (χ1v) is 11.2. The summed E-state index contributed by atoms with van der Waals surface area (Å²) < 4.78 is 12.0. The molecule has 0 saturated carbocycles. The third-order valence-corrected chi connectivity index (χ3v) is 5.66. The number of cyclic esters (lactones) is 1. The van der Waals surface area contributed by atoms with Crippen LogP contribution in [-0.4, -0.2) is 63.7 Å². The number of carbonyl (C=O) groups excluding carboxylic acids is 2. The number of nitrogens with zero attached hydrogens (tertiary/aromatic N) is 5. The van der Waals surface area contributed by atoms with Crippen LogP contribution in [0.3, 0.4) is 0 Å². The Morgan fingerprint density at radius 3 is 2.68 bits per heavy atom. The summed E-state index contributed by atoms with van der Waals surface area (Å²) in [6.07, 6.45) is 4.65. The van der Waals surface area contributed by atoms with Crippen molar-refractivity contribution >= 4 is 17.8 Å². The van der Waals surface area contributed by atoms with Crippen molar-refractivity contribution in [3.63, 3.8) is 0 Å². The first-order chi connectivity index (χ1) is 16.5. The summed E-state index contributed by atoms with van der Waals surface area (Å²) in [5.74, 6) is 1.49. The number of methoxy groups -OCH3 is 1. The van der Waals surface area contributed by atoms with Crippen LogP contribution in [0.4, 0.5) is 10.6 Å². The lowest BCUT2D eigenvalue weighted by atomic mass is 10.1. The third kappa shape index (κ3) is 5.51. The van der Waals surface area contributed by atoms with Crippen molar-refractivity contribution in [2.75, 3.05) is 32.1 Å². The molecular weight excluding hydrogens is 436 g/mol. The molecule has 1 N–H and O–H groups in total. The quantitative estimate of drug-likeness (QED) is 0.455. The predicted molar refractivity (Wildman–Crippen MR) is 125 cm³/mol. The van der Waals surface area contributed by atoms with Crippen LogP contribution in [0.1, 0.15) is 30.4 Å². The van der Waals surface area contributed by atoms with E-state index in [1.165, 1.54) is 4.90 Å². The molecule has 0 atom stereocenters. The van der Waals surface area contributed by atoms with Crippen molar-refractivity contribution in [1.29, 1.82) is 0 Å². The number of rotatable bonds is 10. The Morgan fingerprint density at radius 2 is 1.97 bits per heavy atom. The second-order valence-electron chi connectivity index (χ2n) is 8.05. The Balaban J connectivity index is 1.41. The second kappa shape index (κ2) is 10.8. The number of ether oxygens (including phenoxy) is 2. The molecule has 2 amide bonds. The highest BCUT2D eigenvalue weighted by Crippen LogP contribution is 2.25. The molecule has 1 aromatic carbocycles. The molecule has 34 heavy (non-hydrogen) atoms. The molecule has 2 aromatic heterocycles. The number of aromatic nitrogens is 4. The van der Waals surface area contributed by atoms with Crippen LogP contribution in [0.15, 0.2) is 42.7 Å². The van der Waals surface area contributed by atoms with Gasteiger partial charge in [0.1, 0.15) is 18.2 Å². The van der Waals surface area contributed by atoms with E-state index in [0.717, 1.165) is 40.4 Å². The molecule has 0 aliphatic carbocycles. The second-order valence-corrected chi connectivity index (χ2v) is 8.05. The average Bonchev–Trinajstić information content (AvgIpc) is 3.45. The van der Waals surface area contributed by atoms with Crippen molar-refractivity contribution < 1.29 is 19.1 Å². The minimum absolute atomic E-state index is 0.185. The van der Waals surface area contributed by atoms with E-state index in [9.17, 15) is 9.59 Å².